The van der Waals surface area contributed by atoms with E-state index in [4.69, 9.17) is 9.72 Å². The van der Waals surface area contributed by atoms with E-state index in [0.717, 1.165) is 43.3 Å². The van der Waals surface area contributed by atoms with Crippen LogP contribution in [0.1, 0.15) is 97.1 Å². The van der Waals surface area contributed by atoms with Crippen molar-refractivity contribution in [3.63, 3.8) is 0 Å². The number of carboxylic acids is 1. The van der Waals surface area contributed by atoms with E-state index in [9.17, 15) is 14.7 Å². The Morgan fingerprint density at radius 2 is 1.85 bits per heavy atom. The maximum atomic E-state index is 13.8. The number of amides is 1. The number of hydrogen-bond acceptors (Lipinski definition) is 8. The fourth-order valence-electron chi connectivity index (χ4n) is 6.28. The van der Waals surface area contributed by atoms with Gasteiger partial charge in [0, 0.05) is 38.7 Å². The smallest absolute Gasteiger partial charge is 0.337 e. The van der Waals surface area contributed by atoms with Crippen molar-refractivity contribution in [3.8, 4) is 0 Å². The summed E-state index contributed by atoms with van der Waals surface area (Å²) in [5.74, 6) is 0.450. The summed E-state index contributed by atoms with van der Waals surface area (Å²) >= 11 is 0. The minimum absolute atomic E-state index is 0.0980. The van der Waals surface area contributed by atoms with E-state index < -0.39 is 11.5 Å². The van der Waals surface area contributed by atoms with Crippen LogP contribution in [0.2, 0.25) is 0 Å². The Balaban J connectivity index is 1.51. The number of nitrogens with zero attached hydrogens (tertiary/aromatic N) is 5. The first-order valence-corrected chi connectivity index (χ1v) is 14.3. The van der Waals surface area contributed by atoms with Gasteiger partial charge in [-0.1, -0.05) is 26.7 Å². The number of carboxylic acid groups (broad SMARTS) is 1. The van der Waals surface area contributed by atoms with Gasteiger partial charge in [0.2, 0.25) is 0 Å². The summed E-state index contributed by atoms with van der Waals surface area (Å²) in [5.41, 5.74) is 2.16. The monoisotopic (exact) mass is 552 g/mol. The van der Waals surface area contributed by atoms with Gasteiger partial charge in [0.15, 0.2) is 0 Å². The minimum Gasteiger partial charge on any atom is -0.478 e. The highest BCUT2D eigenvalue weighted by molar-refractivity contribution is 5.93. The second kappa shape index (κ2) is 11.7. The van der Waals surface area contributed by atoms with Crippen LogP contribution in [-0.2, 0) is 4.74 Å². The highest BCUT2D eigenvalue weighted by Gasteiger charge is 2.39. The molecule has 0 spiro atoms. The number of methoxy groups -OCH3 is 1. The summed E-state index contributed by atoms with van der Waals surface area (Å²) < 4.78 is 5.54. The van der Waals surface area contributed by atoms with E-state index in [1.807, 2.05) is 24.8 Å². The zero-order chi connectivity index (χ0) is 29.2. The number of rotatable bonds is 9. The number of aryl methyl sites for hydroxylation is 2. The normalized spacial score (nSPS) is 18.3. The van der Waals surface area contributed by atoms with Crippen LogP contribution in [0.15, 0.2) is 12.3 Å². The zero-order valence-electron chi connectivity index (χ0n) is 25.0. The van der Waals surface area contributed by atoms with Gasteiger partial charge in [-0.3, -0.25) is 4.79 Å². The van der Waals surface area contributed by atoms with Gasteiger partial charge in [-0.15, -0.1) is 0 Å². The largest absolute Gasteiger partial charge is 0.478 e. The van der Waals surface area contributed by atoms with Gasteiger partial charge < -0.3 is 25.0 Å². The molecule has 10 nitrogen and oxygen atoms in total. The molecule has 1 saturated carbocycles. The predicted octanol–water partition coefficient (Wildman–Crippen LogP) is 4.67. The second-order valence-electron chi connectivity index (χ2n) is 12.4. The number of carbonyl (C=O) groups is 2. The average molecular weight is 553 g/mol. The molecule has 2 aliphatic rings. The maximum Gasteiger partial charge on any atom is 0.337 e. The summed E-state index contributed by atoms with van der Waals surface area (Å²) in [6.07, 6.45) is 6.29. The van der Waals surface area contributed by atoms with Crippen LogP contribution < -0.4 is 10.2 Å². The van der Waals surface area contributed by atoms with Gasteiger partial charge >= 0.3 is 5.97 Å². The van der Waals surface area contributed by atoms with E-state index in [1.165, 1.54) is 12.8 Å². The van der Waals surface area contributed by atoms with Crippen LogP contribution in [-0.4, -0.2) is 82.3 Å². The molecule has 1 amide bonds. The van der Waals surface area contributed by atoms with Crippen molar-refractivity contribution in [3.05, 3.63) is 40.5 Å². The molecule has 1 aliphatic heterocycles. The summed E-state index contributed by atoms with van der Waals surface area (Å²) in [6, 6.07) is 1.82. The van der Waals surface area contributed by atoms with Crippen LogP contribution in [0.25, 0.3) is 0 Å². The van der Waals surface area contributed by atoms with Gasteiger partial charge in [0.05, 0.1) is 35.3 Å². The lowest BCUT2D eigenvalue weighted by atomic mass is 9.87. The van der Waals surface area contributed by atoms with Crippen molar-refractivity contribution in [2.75, 3.05) is 50.1 Å². The highest BCUT2D eigenvalue weighted by Crippen LogP contribution is 2.39. The van der Waals surface area contributed by atoms with Gasteiger partial charge in [-0.25, -0.2) is 19.7 Å². The van der Waals surface area contributed by atoms with Crippen molar-refractivity contribution in [1.29, 1.82) is 0 Å². The number of ether oxygens (including phenoxy) is 1. The predicted molar refractivity (Wildman–Crippen MR) is 155 cm³/mol. The van der Waals surface area contributed by atoms with Gasteiger partial charge in [-0.2, -0.15) is 0 Å². The molecule has 0 aromatic carbocycles. The Bertz CT molecular complexity index is 1230. The van der Waals surface area contributed by atoms with E-state index in [1.54, 1.807) is 27.2 Å². The number of anilines is 2. The lowest BCUT2D eigenvalue weighted by Gasteiger charge is -2.47. The number of hydrogen-bond donors (Lipinski definition) is 2. The molecule has 0 radical (unpaired) electrons. The molecule has 1 saturated heterocycles. The highest BCUT2D eigenvalue weighted by atomic mass is 16.5. The van der Waals surface area contributed by atoms with Crippen molar-refractivity contribution in [2.45, 2.75) is 78.7 Å². The topological polar surface area (TPSA) is 121 Å². The number of aromatic nitrogens is 3. The van der Waals surface area contributed by atoms with Gasteiger partial charge in [0.25, 0.3) is 5.91 Å². The molecule has 2 fully saturated rings. The van der Waals surface area contributed by atoms with Crippen LogP contribution in [0, 0.1) is 19.3 Å². The Kier molecular flexibility index (Phi) is 8.68. The number of aromatic carboxylic acids is 1. The van der Waals surface area contributed by atoms with Gasteiger partial charge in [-0.05, 0) is 58.1 Å². The standard InChI is InChI=1S/C30H44N6O4/c1-19(2)25-26(32-16-30(18-40-7)10-8-9-11-30)31-15-22(34-25)27(37)36-13-12-35(17-29(36,5)6)23-14-20(3)24(28(38)39)21(4)33-23/h14-15,19H,8-13,16-18H2,1-7H3,(H,31,32)(H,38,39). The summed E-state index contributed by atoms with van der Waals surface area (Å²) in [6.45, 7) is 14.8. The van der Waals surface area contributed by atoms with E-state index >= 15 is 0 Å². The van der Waals surface area contributed by atoms with Crippen molar-refractivity contribution >= 4 is 23.5 Å². The van der Waals surface area contributed by atoms with Crippen LogP contribution in [0.3, 0.4) is 0 Å². The van der Waals surface area contributed by atoms with Crippen LogP contribution in [0.4, 0.5) is 11.6 Å². The molecule has 40 heavy (non-hydrogen) atoms. The third-order valence-electron chi connectivity index (χ3n) is 8.38. The Morgan fingerprint density at radius 3 is 2.42 bits per heavy atom. The quantitative estimate of drug-likeness (QED) is 0.457. The first kappa shape index (κ1) is 29.7. The lowest BCUT2D eigenvalue weighted by Crippen LogP contribution is -2.61. The maximum absolute atomic E-state index is 13.8. The van der Waals surface area contributed by atoms with Crippen LogP contribution in [0.5, 0.6) is 0 Å². The molecule has 3 heterocycles. The molecule has 218 valence electrons. The van der Waals surface area contributed by atoms with Gasteiger partial charge in [0.1, 0.15) is 17.3 Å². The molecular weight excluding hydrogens is 508 g/mol. The molecule has 4 rings (SSSR count). The lowest BCUT2D eigenvalue weighted by molar-refractivity contribution is 0.0506. The molecule has 2 aromatic rings. The molecule has 0 atom stereocenters. The molecule has 0 bridgehead atoms. The Hall–Kier alpha value is -3.27. The van der Waals surface area contributed by atoms with Crippen molar-refractivity contribution in [2.24, 2.45) is 5.41 Å². The zero-order valence-corrected chi connectivity index (χ0v) is 25.0. The van der Waals surface area contributed by atoms with Crippen molar-refractivity contribution < 1.29 is 19.4 Å². The summed E-state index contributed by atoms with van der Waals surface area (Å²) in [4.78, 5) is 43.4. The molecule has 10 heteroatoms. The molecule has 0 unspecified atom stereocenters. The van der Waals surface area contributed by atoms with E-state index in [2.05, 4.69) is 34.0 Å². The molecule has 1 aliphatic carbocycles. The third-order valence-corrected chi connectivity index (χ3v) is 8.38. The summed E-state index contributed by atoms with van der Waals surface area (Å²) in [7, 11) is 1.76. The Morgan fingerprint density at radius 1 is 1.15 bits per heavy atom. The third kappa shape index (κ3) is 6.06. The first-order chi connectivity index (χ1) is 18.9. The average Bonchev–Trinajstić information content (AvgIpc) is 3.34. The van der Waals surface area contributed by atoms with Crippen molar-refractivity contribution in [1.82, 2.24) is 19.9 Å². The second-order valence-corrected chi connectivity index (χ2v) is 12.4. The first-order valence-electron chi connectivity index (χ1n) is 14.3. The molecule has 2 aromatic heterocycles. The Labute approximate surface area is 237 Å². The van der Waals surface area contributed by atoms with E-state index in [-0.39, 0.29) is 22.8 Å². The number of piperazine rings is 1. The number of nitrogens with one attached hydrogen (secondary N) is 1. The van der Waals surface area contributed by atoms with E-state index in [0.29, 0.717) is 36.6 Å². The minimum atomic E-state index is -0.971. The SMILES string of the molecule is COCC1(CNc2ncc(C(=O)N3CCN(c4cc(C)c(C(=O)O)c(C)n4)CC3(C)C)nc2C(C)C)CCCC1. The fraction of sp³-hybridized carbons (Fsp3) is 0.633. The summed E-state index contributed by atoms with van der Waals surface area (Å²) in [5, 5.41) is 13.0. The number of pyridine rings is 1. The molecular formula is C30H44N6O4. The van der Waals surface area contributed by atoms with Crippen LogP contribution >= 0.6 is 0 Å². The fourth-order valence-corrected chi connectivity index (χ4v) is 6.28. The number of carbonyl (C=O) groups excluding carboxylic acids is 1. The molecule has 2 N–H and O–H groups in total.